The minimum Gasteiger partial charge on any atom is -0.357 e. The van der Waals surface area contributed by atoms with Crippen LogP contribution in [0.3, 0.4) is 0 Å². The van der Waals surface area contributed by atoms with Crippen molar-refractivity contribution >= 4 is 46.8 Å². The van der Waals surface area contributed by atoms with Crippen LogP contribution < -0.4 is 5.32 Å². The highest BCUT2D eigenvalue weighted by molar-refractivity contribution is 7.99. The number of rotatable bonds is 9. The van der Waals surface area contributed by atoms with Crippen molar-refractivity contribution in [3.05, 3.63) is 69.2 Å². The molecule has 2 aromatic rings. The van der Waals surface area contributed by atoms with Gasteiger partial charge in [0, 0.05) is 19.3 Å². The van der Waals surface area contributed by atoms with Gasteiger partial charge in [0.1, 0.15) is 6.04 Å². The van der Waals surface area contributed by atoms with E-state index in [0.29, 0.717) is 28.8 Å². The molecule has 0 aliphatic heterocycles. The van der Waals surface area contributed by atoms with Crippen molar-refractivity contribution in [1.82, 2.24) is 10.2 Å². The Labute approximate surface area is 187 Å². The normalized spacial score (nSPS) is 11.8. The van der Waals surface area contributed by atoms with Gasteiger partial charge in [0.25, 0.3) is 0 Å². The molecule has 7 heteroatoms. The van der Waals surface area contributed by atoms with Gasteiger partial charge in [-0.3, -0.25) is 9.59 Å². The number of nitrogens with one attached hydrogen (secondary N) is 1. The molecular weight excluding hydrogens is 427 g/mol. The Bertz CT molecular complexity index is 860. The van der Waals surface area contributed by atoms with E-state index < -0.39 is 6.04 Å². The third-order valence-electron chi connectivity index (χ3n) is 4.55. The molecule has 0 fully saturated rings. The maximum atomic E-state index is 13.0. The highest BCUT2D eigenvalue weighted by Crippen LogP contribution is 2.24. The molecule has 29 heavy (non-hydrogen) atoms. The van der Waals surface area contributed by atoms with E-state index in [9.17, 15) is 9.59 Å². The number of aryl methyl sites for hydroxylation is 1. The molecule has 0 radical (unpaired) electrons. The molecule has 0 saturated heterocycles. The Morgan fingerprint density at radius 1 is 1.10 bits per heavy atom. The third-order valence-corrected chi connectivity index (χ3v) is 6.27. The van der Waals surface area contributed by atoms with Crippen LogP contribution >= 0.6 is 35.0 Å². The lowest BCUT2D eigenvalue weighted by Crippen LogP contribution is -2.48. The molecule has 0 spiro atoms. The fourth-order valence-electron chi connectivity index (χ4n) is 3.06. The van der Waals surface area contributed by atoms with Crippen molar-refractivity contribution in [3.8, 4) is 0 Å². The quantitative estimate of drug-likeness (QED) is 0.576. The summed E-state index contributed by atoms with van der Waals surface area (Å²) in [7, 11) is 1.58. The molecule has 0 aliphatic carbocycles. The second-order valence-corrected chi connectivity index (χ2v) is 8.59. The summed E-state index contributed by atoms with van der Waals surface area (Å²) >= 11 is 13.7. The van der Waals surface area contributed by atoms with Gasteiger partial charge in [0.15, 0.2) is 0 Å². The first-order valence-corrected chi connectivity index (χ1v) is 11.3. The highest BCUT2D eigenvalue weighted by Gasteiger charge is 2.28. The summed E-state index contributed by atoms with van der Waals surface area (Å²) in [5.74, 6) is 0.780. The highest BCUT2D eigenvalue weighted by atomic mass is 35.5. The first kappa shape index (κ1) is 23.6. The fraction of sp³-hybridized carbons (Fsp3) is 0.364. The second kappa shape index (κ2) is 11.5. The number of hydrogen-bond acceptors (Lipinski definition) is 3. The van der Waals surface area contributed by atoms with Gasteiger partial charge in [0.2, 0.25) is 11.8 Å². The van der Waals surface area contributed by atoms with Gasteiger partial charge in [-0.05, 0) is 36.6 Å². The van der Waals surface area contributed by atoms with Crippen molar-refractivity contribution in [2.75, 3.05) is 12.8 Å². The predicted octanol–water partition coefficient (Wildman–Crippen LogP) is 5.09. The number of carbonyl (C=O) groups is 2. The molecule has 2 amide bonds. The molecule has 0 bridgehead atoms. The number of thioether (sulfide) groups is 1. The molecule has 4 nitrogen and oxygen atoms in total. The Morgan fingerprint density at radius 3 is 2.48 bits per heavy atom. The van der Waals surface area contributed by atoms with Gasteiger partial charge >= 0.3 is 0 Å². The van der Waals surface area contributed by atoms with Gasteiger partial charge in [-0.1, -0.05) is 66.0 Å². The molecule has 0 unspecified atom stereocenters. The lowest BCUT2D eigenvalue weighted by Gasteiger charge is -2.30. The summed E-state index contributed by atoms with van der Waals surface area (Å²) < 4.78 is 0. The van der Waals surface area contributed by atoms with Crippen LogP contribution in [0.4, 0.5) is 0 Å². The summed E-state index contributed by atoms with van der Waals surface area (Å²) in [5.41, 5.74) is 3.21. The number of hydrogen-bond donors (Lipinski definition) is 1. The SMILES string of the molecule is CC[C@@H](C(=O)NC)N(Cc1ccc(Cl)c(Cl)c1)C(=O)CSCc1cccc(C)c1. The van der Waals surface area contributed by atoms with Crippen molar-refractivity contribution in [2.24, 2.45) is 0 Å². The third kappa shape index (κ3) is 6.95. The largest absolute Gasteiger partial charge is 0.357 e. The predicted molar refractivity (Wildman–Crippen MR) is 122 cm³/mol. The van der Waals surface area contributed by atoms with Crippen molar-refractivity contribution in [2.45, 2.75) is 38.6 Å². The number of amides is 2. The minimum atomic E-state index is -0.540. The Morgan fingerprint density at radius 2 is 1.86 bits per heavy atom. The minimum absolute atomic E-state index is 0.0795. The lowest BCUT2D eigenvalue weighted by molar-refractivity contribution is -0.139. The molecular formula is C22H26Cl2N2O2S. The molecule has 1 N–H and O–H groups in total. The second-order valence-electron chi connectivity index (χ2n) is 6.79. The summed E-state index contributed by atoms with van der Waals surface area (Å²) in [5, 5.41) is 3.55. The van der Waals surface area contributed by atoms with E-state index in [0.717, 1.165) is 11.3 Å². The Hall–Kier alpha value is -1.69. The first-order chi connectivity index (χ1) is 13.8. The van der Waals surface area contributed by atoms with Crippen LogP contribution in [-0.2, 0) is 21.9 Å². The molecule has 0 aromatic heterocycles. The van der Waals surface area contributed by atoms with E-state index in [-0.39, 0.29) is 11.8 Å². The monoisotopic (exact) mass is 452 g/mol. The van der Waals surface area contributed by atoms with Gasteiger partial charge < -0.3 is 10.2 Å². The van der Waals surface area contributed by atoms with Crippen LogP contribution in [0.15, 0.2) is 42.5 Å². The fourth-order valence-corrected chi connectivity index (χ4v) is 4.24. The van der Waals surface area contributed by atoms with Gasteiger partial charge in [-0.15, -0.1) is 11.8 Å². The van der Waals surface area contributed by atoms with Crippen LogP contribution in [0.1, 0.15) is 30.0 Å². The van der Waals surface area contributed by atoms with Crippen LogP contribution in [-0.4, -0.2) is 35.6 Å². The lowest BCUT2D eigenvalue weighted by atomic mass is 10.1. The average molecular weight is 453 g/mol. The average Bonchev–Trinajstić information content (AvgIpc) is 2.70. The van der Waals surface area contributed by atoms with Crippen LogP contribution in [0.25, 0.3) is 0 Å². The first-order valence-electron chi connectivity index (χ1n) is 9.44. The molecule has 1 atom stereocenters. The number of carbonyl (C=O) groups excluding carboxylic acids is 2. The zero-order valence-electron chi connectivity index (χ0n) is 16.9. The number of benzene rings is 2. The molecule has 2 aromatic carbocycles. The zero-order valence-corrected chi connectivity index (χ0v) is 19.2. The van der Waals surface area contributed by atoms with E-state index in [4.69, 9.17) is 23.2 Å². The van der Waals surface area contributed by atoms with E-state index >= 15 is 0 Å². The number of likely N-dealkylation sites (N-methyl/N-ethyl adjacent to an activating group) is 1. The van der Waals surface area contributed by atoms with E-state index in [1.807, 2.05) is 32.0 Å². The zero-order chi connectivity index (χ0) is 21.4. The molecule has 0 aliphatic rings. The Balaban J connectivity index is 2.13. The molecule has 0 heterocycles. The van der Waals surface area contributed by atoms with E-state index in [1.165, 1.54) is 11.1 Å². The van der Waals surface area contributed by atoms with Crippen LogP contribution in [0.5, 0.6) is 0 Å². The van der Waals surface area contributed by atoms with Crippen molar-refractivity contribution < 1.29 is 9.59 Å². The Kier molecular flexibility index (Phi) is 9.34. The number of halogens is 2. The number of nitrogens with zero attached hydrogens (tertiary/aromatic N) is 1. The summed E-state index contributed by atoms with van der Waals surface area (Å²) in [6.07, 6.45) is 0.523. The van der Waals surface area contributed by atoms with Crippen LogP contribution in [0.2, 0.25) is 10.0 Å². The van der Waals surface area contributed by atoms with Crippen molar-refractivity contribution in [3.63, 3.8) is 0 Å². The van der Waals surface area contributed by atoms with Crippen molar-refractivity contribution in [1.29, 1.82) is 0 Å². The molecule has 0 saturated carbocycles. The molecule has 156 valence electrons. The maximum Gasteiger partial charge on any atom is 0.242 e. The summed E-state index contributed by atoms with van der Waals surface area (Å²) in [6, 6.07) is 13.0. The van der Waals surface area contributed by atoms with Crippen LogP contribution in [0, 0.1) is 6.92 Å². The summed E-state index contributed by atoms with van der Waals surface area (Å²) in [4.78, 5) is 27.0. The van der Waals surface area contributed by atoms with Gasteiger partial charge in [0.05, 0.1) is 15.8 Å². The topological polar surface area (TPSA) is 49.4 Å². The smallest absolute Gasteiger partial charge is 0.242 e. The standard InChI is InChI=1S/C22H26Cl2N2O2S/c1-4-20(22(28)25-3)26(12-16-8-9-18(23)19(24)11-16)21(27)14-29-13-17-7-5-6-15(2)10-17/h5-11,20H,4,12-14H2,1-3H3,(H,25,28)/t20-/m0/s1. The van der Waals surface area contributed by atoms with E-state index in [1.54, 1.807) is 35.8 Å². The maximum absolute atomic E-state index is 13.0. The van der Waals surface area contributed by atoms with Gasteiger partial charge in [-0.25, -0.2) is 0 Å². The van der Waals surface area contributed by atoms with E-state index in [2.05, 4.69) is 17.4 Å². The molecule has 2 rings (SSSR count). The van der Waals surface area contributed by atoms with Gasteiger partial charge in [-0.2, -0.15) is 0 Å². The summed E-state index contributed by atoms with van der Waals surface area (Å²) in [6.45, 7) is 4.25.